The van der Waals surface area contributed by atoms with Crippen LogP contribution in [0.1, 0.15) is 29.9 Å². The second kappa shape index (κ2) is 5.46. The molecule has 20 heavy (non-hydrogen) atoms. The van der Waals surface area contributed by atoms with E-state index < -0.39 is 0 Å². The molecule has 104 valence electrons. The molecule has 0 spiro atoms. The van der Waals surface area contributed by atoms with Gasteiger partial charge in [0.05, 0.1) is 11.4 Å². The maximum Gasteiger partial charge on any atom is 0.231 e. The number of ether oxygens (including phenoxy) is 2. The van der Waals surface area contributed by atoms with Crippen molar-refractivity contribution >= 4 is 0 Å². The first-order valence-electron chi connectivity index (χ1n) is 6.64. The van der Waals surface area contributed by atoms with Gasteiger partial charge in [-0.1, -0.05) is 12.1 Å². The fourth-order valence-corrected chi connectivity index (χ4v) is 2.33. The number of benzene rings is 1. The monoisotopic (exact) mass is 271 g/mol. The zero-order valence-electron chi connectivity index (χ0n) is 11.6. The lowest BCUT2D eigenvalue weighted by atomic mass is 10.1. The third kappa shape index (κ3) is 2.44. The molecule has 1 aromatic heterocycles. The molecule has 0 aliphatic carbocycles. The highest BCUT2D eigenvalue weighted by atomic mass is 16.7. The summed E-state index contributed by atoms with van der Waals surface area (Å²) in [5.41, 5.74) is 3.01. The van der Waals surface area contributed by atoms with Gasteiger partial charge in [0.15, 0.2) is 11.5 Å². The summed E-state index contributed by atoms with van der Waals surface area (Å²) in [6.07, 6.45) is 3.43. The smallest absolute Gasteiger partial charge is 0.231 e. The summed E-state index contributed by atoms with van der Waals surface area (Å²) in [5, 5.41) is 3.45. The maximum atomic E-state index is 5.50. The van der Waals surface area contributed by atoms with Gasteiger partial charge >= 0.3 is 0 Å². The minimum Gasteiger partial charge on any atom is -0.454 e. The second-order valence-corrected chi connectivity index (χ2v) is 4.78. The lowest BCUT2D eigenvalue weighted by molar-refractivity contribution is 0.173. The molecule has 1 aliphatic rings. The Morgan fingerprint density at radius 2 is 2.10 bits per heavy atom. The number of aromatic nitrogens is 2. The molecular weight excluding hydrogens is 254 g/mol. The number of nitrogens with one attached hydrogen (secondary N) is 1. The minimum absolute atomic E-state index is 0.127. The van der Waals surface area contributed by atoms with Crippen molar-refractivity contribution in [1.82, 2.24) is 15.3 Å². The van der Waals surface area contributed by atoms with E-state index in [1.54, 1.807) is 12.4 Å². The van der Waals surface area contributed by atoms with E-state index in [1.165, 1.54) is 0 Å². The van der Waals surface area contributed by atoms with E-state index >= 15 is 0 Å². The molecule has 1 atom stereocenters. The molecule has 3 rings (SSSR count). The largest absolute Gasteiger partial charge is 0.454 e. The molecule has 1 N–H and O–H groups in total. The number of rotatable bonds is 4. The van der Waals surface area contributed by atoms with E-state index in [1.807, 2.05) is 25.1 Å². The molecule has 1 unspecified atom stereocenters. The lowest BCUT2D eigenvalue weighted by Crippen LogP contribution is -2.20. The van der Waals surface area contributed by atoms with Crippen LogP contribution in [-0.2, 0) is 6.54 Å². The number of para-hydroxylation sites is 1. The number of hydrogen-bond acceptors (Lipinski definition) is 5. The van der Waals surface area contributed by atoms with E-state index in [-0.39, 0.29) is 6.04 Å². The van der Waals surface area contributed by atoms with E-state index in [2.05, 4.69) is 22.2 Å². The molecule has 0 fully saturated rings. The highest BCUT2D eigenvalue weighted by Crippen LogP contribution is 2.35. The second-order valence-electron chi connectivity index (χ2n) is 4.78. The molecule has 0 saturated heterocycles. The average Bonchev–Trinajstić information content (AvgIpc) is 2.94. The van der Waals surface area contributed by atoms with E-state index in [9.17, 15) is 0 Å². The van der Waals surface area contributed by atoms with Gasteiger partial charge < -0.3 is 14.8 Å². The molecule has 1 aliphatic heterocycles. The topological polar surface area (TPSA) is 56.3 Å². The van der Waals surface area contributed by atoms with Crippen molar-refractivity contribution in [2.45, 2.75) is 26.4 Å². The fourth-order valence-electron chi connectivity index (χ4n) is 2.33. The lowest BCUT2D eigenvalue weighted by Gasteiger charge is -2.15. The standard InChI is InChI=1S/C15H17N3O2/c1-10-14(17-7-6-16-10)11(2)18-8-12-4-3-5-13-15(12)20-9-19-13/h3-7,11,18H,8-9H2,1-2H3. The average molecular weight is 271 g/mol. The third-order valence-corrected chi connectivity index (χ3v) is 3.41. The third-order valence-electron chi connectivity index (χ3n) is 3.41. The Balaban J connectivity index is 1.71. The van der Waals surface area contributed by atoms with Crippen molar-refractivity contribution < 1.29 is 9.47 Å². The van der Waals surface area contributed by atoms with Crippen LogP contribution in [0.25, 0.3) is 0 Å². The first-order valence-corrected chi connectivity index (χ1v) is 6.64. The van der Waals surface area contributed by atoms with Crippen LogP contribution in [0.4, 0.5) is 0 Å². The molecule has 5 heteroatoms. The summed E-state index contributed by atoms with van der Waals surface area (Å²) in [6.45, 7) is 5.05. The van der Waals surface area contributed by atoms with E-state index in [4.69, 9.17) is 9.47 Å². The van der Waals surface area contributed by atoms with Gasteiger partial charge in [-0.15, -0.1) is 0 Å². The van der Waals surface area contributed by atoms with E-state index in [0.29, 0.717) is 13.3 Å². The summed E-state index contributed by atoms with van der Waals surface area (Å²) in [6, 6.07) is 6.06. The van der Waals surface area contributed by atoms with Gasteiger partial charge in [0, 0.05) is 30.5 Å². The Kier molecular flexibility index (Phi) is 3.52. The molecule has 1 aromatic carbocycles. The van der Waals surface area contributed by atoms with Crippen LogP contribution in [0.2, 0.25) is 0 Å². The van der Waals surface area contributed by atoms with Crippen molar-refractivity contribution in [3.8, 4) is 11.5 Å². The summed E-state index contributed by atoms with van der Waals surface area (Å²) < 4.78 is 10.9. The van der Waals surface area contributed by atoms with Crippen LogP contribution in [0.15, 0.2) is 30.6 Å². The highest BCUT2D eigenvalue weighted by Gasteiger charge is 2.18. The molecule has 5 nitrogen and oxygen atoms in total. The number of aryl methyl sites for hydroxylation is 1. The van der Waals surface area contributed by atoms with Crippen LogP contribution in [-0.4, -0.2) is 16.8 Å². The molecule has 2 heterocycles. The zero-order chi connectivity index (χ0) is 13.9. The van der Waals surface area contributed by atoms with Crippen LogP contribution < -0.4 is 14.8 Å². The van der Waals surface area contributed by atoms with E-state index in [0.717, 1.165) is 28.5 Å². The molecule has 0 bridgehead atoms. The quantitative estimate of drug-likeness (QED) is 0.925. The molecule has 2 aromatic rings. The van der Waals surface area contributed by atoms with Crippen molar-refractivity contribution in [3.63, 3.8) is 0 Å². The van der Waals surface area contributed by atoms with Crippen LogP contribution in [0.5, 0.6) is 11.5 Å². The maximum absolute atomic E-state index is 5.50. The van der Waals surface area contributed by atoms with Crippen molar-refractivity contribution in [2.24, 2.45) is 0 Å². The number of fused-ring (bicyclic) bond motifs is 1. The van der Waals surface area contributed by atoms with Gasteiger partial charge in [0.1, 0.15) is 0 Å². The van der Waals surface area contributed by atoms with Gasteiger partial charge in [-0.2, -0.15) is 0 Å². The van der Waals surface area contributed by atoms with Gasteiger partial charge in [0.2, 0.25) is 6.79 Å². The Bertz CT molecular complexity index is 616. The van der Waals surface area contributed by atoms with Gasteiger partial charge in [0.25, 0.3) is 0 Å². The summed E-state index contributed by atoms with van der Waals surface area (Å²) >= 11 is 0. The highest BCUT2D eigenvalue weighted by molar-refractivity contribution is 5.48. The molecular formula is C15H17N3O2. The van der Waals surface area contributed by atoms with Gasteiger partial charge in [-0.05, 0) is 19.9 Å². The minimum atomic E-state index is 0.127. The van der Waals surface area contributed by atoms with Crippen molar-refractivity contribution in [1.29, 1.82) is 0 Å². The predicted molar refractivity (Wildman–Crippen MR) is 74.6 cm³/mol. The predicted octanol–water partition coefficient (Wildman–Crippen LogP) is 2.36. The fraction of sp³-hybridized carbons (Fsp3) is 0.333. The normalized spacial score (nSPS) is 14.3. The van der Waals surface area contributed by atoms with Crippen molar-refractivity contribution in [3.05, 3.63) is 47.5 Å². The van der Waals surface area contributed by atoms with Crippen LogP contribution in [0.3, 0.4) is 0 Å². The zero-order valence-corrected chi connectivity index (χ0v) is 11.6. The SMILES string of the molecule is Cc1nccnc1C(C)NCc1cccc2c1OCO2. The Morgan fingerprint density at radius 3 is 2.95 bits per heavy atom. The summed E-state index contributed by atoms with van der Waals surface area (Å²) in [7, 11) is 0. The first kappa shape index (κ1) is 12.9. The van der Waals surface area contributed by atoms with Crippen LogP contribution >= 0.6 is 0 Å². The molecule has 0 saturated carbocycles. The van der Waals surface area contributed by atoms with Gasteiger partial charge in [-0.3, -0.25) is 9.97 Å². The Hall–Kier alpha value is -2.14. The molecule has 0 amide bonds. The Morgan fingerprint density at radius 1 is 1.25 bits per heavy atom. The van der Waals surface area contributed by atoms with Crippen LogP contribution in [0, 0.1) is 6.92 Å². The molecule has 0 radical (unpaired) electrons. The first-order chi connectivity index (χ1) is 9.75. The van der Waals surface area contributed by atoms with Gasteiger partial charge in [-0.25, -0.2) is 0 Å². The summed E-state index contributed by atoms with van der Waals surface area (Å²) in [5.74, 6) is 1.65. The number of hydrogen-bond donors (Lipinski definition) is 1. The number of nitrogens with zero attached hydrogens (tertiary/aromatic N) is 2. The Labute approximate surface area is 118 Å². The summed E-state index contributed by atoms with van der Waals surface area (Å²) in [4.78, 5) is 8.65. The van der Waals surface area contributed by atoms with Crippen molar-refractivity contribution in [2.75, 3.05) is 6.79 Å².